The van der Waals surface area contributed by atoms with E-state index in [4.69, 9.17) is 4.42 Å². The quantitative estimate of drug-likeness (QED) is 0.774. The normalized spacial score (nSPS) is 12.5. The number of benzene rings is 1. The molecular weight excluding hydrogens is 297 g/mol. The molecule has 0 aliphatic rings. The van der Waals surface area contributed by atoms with E-state index in [0.717, 1.165) is 0 Å². The van der Waals surface area contributed by atoms with Crippen molar-refractivity contribution in [3.05, 3.63) is 48.0 Å². The van der Waals surface area contributed by atoms with E-state index in [1.807, 2.05) is 13.8 Å². The molecule has 124 valence electrons. The lowest BCUT2D eigenvalue weighted by molar-refractivity contribution is -0.142. The molecule has 0 aliphatic heterocycles. The third-order valence-corrected chi connectivity index (χ3v) is 3.60. The molecule has 1 atom stereocenters. The van der Waals surface area contributed by atoms with E-state index in [1.54, 1.807) is 30.3 Å². The Bertz CT molecular complexity index is 651. The zero-order valence-electron chi connectivity index (χ0n) is 13.4. The second-order valence-corrected chi connectivity index (χ2v) is 6.04. The minimum atomic E-state index is -0.794. The first-order chi connectivity index (χ1) is 11.0. The van der Waals surface area contributed by atoms with Crippen molar-refractivity contribution < 1.29 is 18.7 Å². The van der Waals surface area contributed by atoms with E-state index in [9.17, 15) is 14.3 Å². The zero-order chi connectivity index (χ0) is 16.8. The predicted molar refractivity (Wildman–Crippen MR) is 86.4 cm³/mol. The van der Waals surface area contributed by atoms with Gasteiger partial charge in [0.25, 0.3) is 0 Å². The van der Waals surface area contributed by atoms with Crippen molar-refractivity contribution in [1.29, 1.82) is 0 Å². The number of hydrogen-bond donors (Lipinski definition) is 2. The van der Waals surface area contributed by atoms with Crippen LogP contribution in [0.25, 0.3) is 11.3 Å². The second kappa shape index (κ2) is 7.92. The highest BCUT2D eigenvalue weighted by Crippen LogP contribution is 2.24. The van der Waals surface area contributed by atoms with Crippen LogP contribution >= 0.6 is 0 Å². The van der Waals surface area contributed by atoms with Crippen LogP contribution in [0.5, 0.6) is 0 Å². The van der Waals surface area contributed by atoms with E-state index in [1.165, 1.54) is 6.07 Å². The van der Waals surface area contributed by atoms with Crippen LogP contribution in [0.2, 0.25) is 0 Å². The molecular formula is C18H22FNO3. The third-order valence-electron chi connectivity index (χ3n) is 3.60. The number of furan rings is 1. The maximum atomic E-state index is 13.7. The molecule has 1 unspecified atom stereocenters. The minimum absolute atomic E-state index is 0.328. The van der Waals surface area contributed by atoms with Crippen LogP contribution in [0.15, 0.2) is 40.8 Å². The number of halogens is 1. The number of hydrogen-bond acceptors (Lipinski definition) is 3. The van der Waals surface area contributed by atoms with Gasteiger partial charge in [0.1, 0.15) is 17.3 Å². The molecule has 0 saturated carbocycles. The van der Waals surface area contributed by atoms with Crippen LogP contribution in [0.1, 0.15) is 26.0 Å². The summed E-state index contributed by atoms with van der Waals surface area (Å²) in [6.45, 7) is 4.80. The Morgan fingerprint density at radius 1 is 1.26 bits per heavy atom. The van der Waals surface area contributed by atoms with Crippen molar-refractivity contribution in [1.82, 2.24) is 5.32 Å². The second-order valence-electron chi connectivity index (χ2n) is 6.04. The maximum absolute atomic E-state index is 13.7. The van der Waals surface area contributed by atoms with Gasteiger partial charge >= 0.3 is 5.97 Å². The first kappa shape index (κ1) is 17.2. The number of carbonyl (C=O) groups is 1. The summed E-state index contributed by atoms with van der Waals surface area (Å²) in [4.78, 5) is 11.2. The maximum Gasteiger partial charge on any atom is 0.307 e. The molecule has 1 heterocycles. The number of carboxylic acid groups (broad SMARTS) is 1. The SMILES string of the molecule is CC(C)CC(CNCc1ccc(-c2ccccc2F)o1)C(=O)O. The van der Waals surface area contributed by atoms with Gasteiger partial charge in [-0.2, -0.15) is 0 Å². The van der Waals surface area contributed by atoms with Crippen molar-refractivity contribution in [2.45, 2.75) is 26.8 Å². The molecule has 0 spiro atoms. The van der Waals surface area contributed by atoms with Crippen LogP contribution in [0.4, 0.5) is 4.39 Å². The Morgan fingerprint density at radius 2 is 2.00 bits per heavy atom. The summed E-state index contributed by atoms with van der Waals surface area (Å²) in [7, 11) is 0. The van der Waals surface area contributed by atoms with Crippen LogP contribution in [-0.2, 0) is 11.3 Å². The molecule has 5 heteroatoms. The minimum Gasteiger partial charge on any atom is -0.481 e. The monoisotopic (exact) mass is 319 g/mol. The number of nitrogens with one attached hydrogen (secondary N) is 1. The lowest BCUT2D eigenvalue weighted by Crippen LogP contribution is -2.29. The Kier molecular flexibility index (Phi) is 5.93. The molecule has 1 aromatic carbocycles. The molecule has 4 nitrogen and oxygen atoms in total. The lowest BCUT2D eigenvalue weighted by atomic mass is 9.97. The fourth-order valence-corrected chi connectivity index (χ4v) is 2.49. The number of rotatable bonds is 8. The number of carboxylic acids is 1. The summed E-state index contributed by atoms with van der Waals surface area (Å²) in [6, 6.07) is 9.92. The van der Waals surface area contributed by atoms with Gasteiger partial charge in [-0.15, -0.1) is 0 Å². The first-order valence-corrected chi connectivity index (χ1v) is 7.74. The highest BCUT2D eigenvalue weighted by atomic mass is 19.1. The highest BCUT2D eigenvalue weighted by molar-refractivity contribution is 5.70. The van der Waals surface area contributed by atoms with Gasteiger partial charge in [-0.3, -0.25) is 4.79 Å². The van der Waals surface area contributed by atoms with Gasteiger partial charge in [-0.25, -0.2) is 4.39 Å². The van der Waals surface area contributed by atoms with E-state index >= 15 is 0 Å². The largest absolute Gasteiger partial charge is 0.481 e. The molecule has 2 aromatic rings. The molecule has 0 radical (unpaired) electrons. The molecule has 0 amide bonds. The van der Waals surface area contributed by atoms with Crippen molar-refractivity contribution in [2.24, 2.45) is 11.8 Å². The van der Waals surface area contributed by atoms with Crippen molar-refractivity contribution in [3.8, 4) is 11.3 Å². The van der Waals surface area contributed by atoms with Crippen LogP contribution in [0.3, 0.4) is 0 Å². The summed E-state index contributed by atoms with van der Waals surface area (Å²) < 4.78 is 19.3. The fraction of sp³-hybridized carbons (Fsp3) is 0.389. The van der Waals surface area contributed by atoms with Crippen molar-refractivity contribution >= 4 is 5.97 Å². The third kappa shape index (κ3) is 4.93. The van der Waals surface area contributed by atoms with Crippen molar-refractivity contribution in [2.75, 3.05) is 6.54 Å². The summed E-state index contributed by atoms with van der Waals surface area (Å²) in [5.41, 5.74) is 0.418. The first-order valence-electron chi connectivity index (χ1n) is 7.74. The van der Waals surface area contributed by atoms with Gasteiger partial charge in [-0.1, -0.05) is 26.0 Å². The highest BCUT2D eigenvalue weighted by Gasteiger charge is 2.18. The van der Waals surface area contributed by atoms with E-state index in [0.29, 0.717) is 42.5 Å². The van der Waals surface area contributed by atoms with Crippen molar-refractivity contribution in [3.63, 3.8) is 0 Å². The van der Waals surface area contributed by atoms with E-state index in [2.05, 4.69) is 5.32 Å². The summed E-state index contributed by atoms with van der Waals surface area (Å²) >= 11 is 0. The Labute approximate surface area is 135 Å². The standard InChI is InChI=1S/C18H22FNO3/c1-12(2)9-13(18(21)22)10-20-11-14-7-8-17(23-14)15-5-3-4-6-16(15)19/h3-8,12-13,20H,9-11H2,1-2H3,(H,21,22). The number of aliphatic carboxylic acids is 1. The van der Waals surface area contributed by atoms with Gasteiger partial charge in [0.15, 0.2) is 0 Å². The average Bonchev–Trinajstić information content (AvgIpc) is 2.95. The molecule has 0 fully saturated rings. The average molecular weight is 319 g/mol. The molecule has 2 rings (SSSR count). The van der Waals surface area contributed by atoms with Gasteiger partial charge in [0, 0.05) is 6.54 Å². The lowest BCUT2D eigenvalue weighted by Gasteiger charge is -2.14. The molecule has 0 aliphatic carbocycles. The predicted octanol–water partition coefficient (Wildman–Crippen LogP) is 3.92. The Hall–Kier alpha value is -2.14. The Morgan fingerprint density at radius 3 is 2.65 bits per heavy atom. The van der Waals surface area contributed by atoms with E-state index < -0.39 is 11.9 Å². The summed E-state index contributed by atoms with van der Waals surface area (Å²) in [5.74, 6) is -0.0964. The van der Waals surface area contributed by atoms with E-state index in [-0.39, 0.29) is 5.82 Å². The fourth-order valence-electron chi connectivity index (χ4n) is 2.49. The van der Waals surface area contributed by atoms with Crippen LogP contribution in [0, 0.1) is 17.7 Å². The van der Waals surface area contributed by atoms with Crippen LogP contribution < -0.4 is 5.32 Å². The zero-order valence-corrected chi connectivity index (χ0v) is 13.4. The smallest absolute Gasteiger partial charge is 0.307 e. The van der Waals surface area contributed by atoms with Gasteiger partial charge in [-0.05, 0) is 36.6 Å². The molecule has 1 aromatic heterocycles. The van der Waals surface area contributed by atoms with Crippen LogP contribution in [-0.4, -0.2) is 17.6 Å². The summed E-state index contributed by atoms with van der Waals surface area (Å²) in [6.07, 6.45) is 0.626. The summed E-state index contributed by atoms with van der Waals surface area (Å²) in [5, 5.41) is 12.3. The molecule has 0 saturated heterocycles. The Balaban J connectivity index is 1.92. The van der Waals surface area contributed by atoms with Gasteiger partial charge in [0.05, 0.1) is 18.0 Å². The van der Waals surface area contributed by atoms with Gasteiger partial charge < -0.3 is 14.8 Å². The molecule has 0 bridgehead atoms. The van der Waals surface area contributed by atoms with Gasteiger partial charge in [0.2, 0.25) is 0 Å². The topological polar surface area (TPSA) is 62.5 Å². The molecule has 23 heavy (non-hydrogen) atoms. The molecule has 2 N–H and O–H groups in total.